The summed E-state index contributed by atoms with van der Waals surface area (Å²) in [6, 6.07) is 122. The normalized spacial score (nSPS) is 12.6. The van der Waals surface area contributed by atoms with E-state index in [2.05, 4.69) is 357 Å². The van der Waals surface area contributed by atoms with Gasteiger partial charge in [-0.15, -0.1) is 0 Å². The smallest absolute Gasteiger partial charge is 0.238 e. The molecule has 0 atom stereocenters. The maximum atomic E-state index is 5.60. The Hall–Kier alpha value is -12.8. The molecule has 1 aliphatic rings. The molecule has 2 heterocycles. The second-order valence-corrected chi connectivity index (χ2v) is 27.1. The highest BCUT2D eigenvalue weighted by atomic mass is 15.2. The van der Waals surface area contributed by atoms with E-state index in [0.29, 0.717) is 17.6 Å². The standard InChI is InChI=1S/C94H61N5/c1-94(2)85-47-49-88-90(89(85)83-56-81-79-30-15-13-28-77(79)78-29-14-16-31-80(78)82(81)57-86(83)94)84-55-68(41-48-87(84)99(88)93-96-91(63-35-32-60(33-36-63)58-18-5-3-6-19-58)95-92(97-93)70-26-17-25-64(51-70)59-20-7-4-8-21-59)61-38-42-72(43-39-61)98(73-44-40-67-50-65-23-9-10-24-66(65)52-71(67)54-73)74-45-46-76-69(53-74)37-34-62-22-11-12-27-75(62)76/h3-57H,1-2H3. The van der Waals surface area contributed by atoms with Gasteiger partial charge in [0.15, 0.2) is 11.6 Å². The van der Waals surface area contributed by atoms with Gasteiger partial charge in [-0.2, -0.15) is 9.97 Å². The fourth-order valence-corrected chi connectivity index (χ4v) is 16.2. The van der Waals surface area contributed by atoms with Crippen LogP contribution in [0.3, 0.4) is 0 Å². The van der Waals surface area contributed by atoms with E-state index in [9.17, 15) is 0 Å². The fourth-order valence-electron chi connectivity index (χ4n) is 16.2. The minimum absolute atomic E-state index is 0.339. The van der Waals surface area contributed by atoms with Gasteiger partial charge in [-0.1, -0.05) is 263 Å². The molecule has 0 aliphatic heterocycles. The Balaban J connectivity index is 0.801. The maximum Gasteiger partial charge on any atom is 0.238 e. The maximum absolute atomic E-state index is 5.60. The second kappa shape index (κ2) is 22.1. The van der Waals surface area contributed by atoms with Crippen molar-refractivity contribution in [2.24, 2.45) is 0 Å². The van der Waals surface area contributed by atoms with E-state index in [1.54, 1.807) is 0 Å². The number of aromatic nitrogens is 4. The first kappa shape index (κ1) is 56.5. The monoisotopic (exact) mass is 1260 g/mol. The van der Waals surface area contributed by atoms with Gasteiger partial charge in [0.1, 0.15) is 0 Å². The van der Waals surface area contributed by atoms with Crippen LogP contribution in [-0.2, 0) is 5.41 Å². The zero-order valence-electron chi connectivity index (χ0n) is 54.5. The topological polar surface area (TPSA) is 46.8 Å². The molecule has 0 radical (unpaired) electrons. The molecule has 0 fully saturated rings. The summed E-state index contributed by atoms with van der Waals surface area (Å²) in [4.78, 5) is 19.0. The molecule has 17 aromatic carbocycles. The van der Waals surface area contributed by atoms with Crippen LogP contribution in [-0.4, -0.2) is 19.5 Å². The van der Waals surface area contributed by atoms with Gasteiger partial charge in [0.25, 0.3) is 0 Å². The van der Waals surface area contributed by atoms with Crippen molar-refractivity contribution in [2.75, 3.05) is 4.90 Å². The molecule has 99 heavy (non-hydrogen) atoms. The Labute approximate surface area is 572 Å². The molecule has 0 N–H and O–H groups in total. The molecular weight excluding hydrogens is 1200 g/mol. The van der Waals surface area contributed by atoms with Gasteiger partial charge in [-0.3, -0.25) is 4.57 Å². The van der Waals surface area contributed by atoms with Gasteiger partial charge in [-0.25, -0.2) is 4.98 Å². The summed E-state index contributed by atoms with van der Waals surface area (Å²) in [5, 5.41) is 19.6. The number of nitrogens with zero attached hydrogens (tertiary/aromatic N) is 5. The number of hydrogen-bond acceptors (Lipinski definition) is 4. The molecule has 5 nitrogen and oxygen atoms in total. The summed E-state index contributed by atoms with van der Waals surface area (Å²) in [6.07, 6.45) is 0. The lowest BCUT2D eigenvalue weighted by atomic mass is 9.81. The highest BCUT2D eigenvalue weighted by Gasteiger charge is 2.39. The molecule has 0 unspecified atom stereocenters. The molecular formula is C94H61N5. The highest BCUT2D eigenvalue weighted by molar-refractivity contribution is 6.27. The Morgan fingerprint density at radius 1 is 0.263 bits per heavy atom. The zero-order chi connectivity index (χ0) is 65.5. The number of hydrogen-bond donors (Lipinski definition) is 0. The first-order chi connectivity index (χ1) is 48.8. The fraction of sp³-hybridized carbons (Fsp3) is 0.0319. The van der Waals surface area contributed by atoms with E-state index >= 15 is 0 Å². The highest BCUT2D eigenvalue weighted by Crippen LogP contribution is 2.56. The molecule has 2 aromatic heterocycles. The molecule has 20 rings (SSSR count). The van der Waals surface area contributed by atoms with E-state index in [1.165, 1.54) is 103 Å². The minimum Gasteiger partial charge on any atom is -0.310 e. The summed E-state index contributed by atoms with van der Waals surface area (Å²) in [5.41, 5.74) is 18.5. The van der Waals surface area contributed by atoms with Crippen LogP contribution in [0, 0.1) is 0 Å². The molecule has 19 aromatic rings. The third-order valence-corrected chi connectivity index (χ3v) is 21.1. The van der Waals surface area contributed by atoms with Crippen molar-refractivity contribution in [3.63, 3.8) is 0 Å². The third kappa shape index (κ3) is 9.12. The van der Waals surface area contributed by atoms with E-state index in [0.717, 1.165) is 78.0 Å². The van der Waals surface area contributed by atoms with E-state index in [4.69, 9.17) is 15.0 Å². The van der Waals surface area contributed by atoms with Crippen LogP contribution >= 0.6 is 0 Å². The SMILES string of the molecule is CC1(C)c2cc3c4ccccc4c4ccccc4c3cc2-c2c1ccc1c2c2cc(-c3ccc(N(c4ccc5cc6ccccc6cc5c4)c4ccc5c(ccc6ccccc65)c4)cc3)ccc2n1-c1nc(-c2ccc(-c3ccccc3)cc2)nc(-c2cccc(-c3ccccc3)c2)n1. The summed E-state index contributed by atoms with van der Waals surface area (Å²) in [6.45, 7) is 4.82. The molecule has 5 heteroatoms. The van der Waals surface area contributed by atoms with Crippen LogP contribution < -0.4 is 4.90 Å². The van der Waals surface area contributed by atoms with Crippen LogP contribution in [0.1, 0.15) is 25.0 Å². The van der Waals surface area contributed by atoms with Crippen molar-refractivity contribution in [2.45, 2.75) is 19.3 Å². The van der Waals surface area contributed by atoms with Crippen molar-refractivity contribution < 1.29 is 0 Å². The molecule has 0 spiro atoms. The van der Waals surface area contributed by atoms with Crippen molar-refractivity contribution in [3.05, 3.63) is 345 Å². The van der Waals surface area contributed by atoms with Crippen molar-refractivity contribution >= 4 is 114 Å². The summed E-state index contributed by atoms with van der Waals surface area (Å²) in [7, 11) is 0. The van der Waals surface area contributed by atoms with Crippen LogP contribution in [0.5, 0.6) is 0 Å². The van der Waals surface area contributed by atoms with Crippen LogP contribution in [0.4, 0.5) is 17.1 Å². The minimum atomic E-state index is -0.339. The first-order valence-electron chi connectivity index (χ1n) is 34.1. The van der Waals surface area contributed by atoms with Gasteiger partial charge in [0, 0.05) is 44.4 Å². The van der Waals surface area contributed by atoms with Gasteiger partial charge < -0.3 is 4.90 Å². The molecule has 1 aliphatic carbocycles. The zero-order valence-corrected chi connectivity index (χ0v) is 54.5. The molecule has 0 amide bonds. The van der Waals surface area contributed by atoms with Crippen LogP contribution in [0.25, 0.3) is 170 Å². The summed E-state index contributed by atoms with van der Waals surface area (Å²) in [5.74, 6) is 1.72. The Morgan fingerprint density at radius 2 is 0.727 bits per heavy atom. The lowest BCUT2D eigenvalue weighted by Crippen LogP contribution is -2.15. The molecule has 0 saturated heterocycles. The van der Waals surface area contributed by atoms with E-state index in [-0.39, 0.29) is 5.41 Å². The number of benzene rings is 17. The van der Waals surface area contributed by atoms with Gasteiger partial charge in [-0.05, 0) is 216 Å². The summed E-state index contributed by atoms with van der Waals surface area (Å²) < 4.78 is 2.30. The quantitative estimate of drug-likeness (QED) is 0.107. The molecule has 0 bridgehead atoms. The van der Waals surface area contributed by atoms with Gasteiger partial charge in [0.2, 0.25) is 5.95 Å². The Kier molecular flexibility index (Phi) is 12.6. The number of rotatable bonds is 9. The first-order valence-corrected chi connectivity index (χ1v) is 34.1. The predicted molar refractivity (Wildman–Crippen MR) is 416 cm³/mol. The van der Waals surface area contributed by atoms with Crippen LogP contribution in [0.15, 0.2) is 334 Å². The second-order valence-electron chi connectivity index (χ2n) is 27.1. The molecule has 0 saturated carbocycles. The van der Waals surface area contributed by atoms with Gasteiger partial charge >= 0.3 is 0 Å². The molecule has 462 valence electrons. The Morgan fingerprint density at radius 3 is 1.44 bits per heavy atom. The van der Waals surface area contributed by atoms with Crippen LogP contribution in [0.2, 0.25) is 0 Å². The third-order valence-electron chi connectivity index (χ3n) is 21.1. The van der Waals surface area contributed by atoms with Gasteiger partial charge in [0.05, 0.1) is 11.0 Å². The summed E-state index contributed by atoms with van der Waals surface area (Å²) >= 11 is 0. The van der Waals surface area contributed by atoms with Crippen molar-refractivity contribution in [1.29, 1.82) is 0 Å². The number of fused-ring (bicyclic) bond motifs is 18. The average Bonchev–Trinajstić information content (AvgIpc) is 1.55. The van der Waals surface area contributed by atoms with Crippen molar-refractivity contribution in [1.82, 2.24) is 19.5 Å². The Bertz CT molecular complexity index is 6530. The predicted octanol–water partition coefficient (Wildman–Crippen LogP) is 25.2. The average molecular weight is 1260 g/mol. The van der Waals surface area contributed by atoms with Crippen molar-refractivity contribution in [3.8, 4) is 73.2 Å². The van der Waals surface area contributed by atoms with E-state index < -0.39 is 0 Å². The largest absolute Gasteiger partial charge is 0.310 e. The van der Waals surface area contributed by atoms with E-state index in [1.807, 2.05) is 0 Å². The number of anilines is 3. The lowest BCUT2D eigenvalue weighted by molar-refractivity contribution is 0.661. The lowest BCUT2D eigenvalue weighted by Gasteiger charge is -2.26.